The highest BCUT2D eigenvalue weighted by Gasteiger charge is 2.16. The first-order valence-corrected chi connectivity index (χ1v) is 14.8. The second kappa shape index (κ2) is 10.3. The van der Waals surface area contributed by atoms with Gasteiger partial charge in [-0.1, -0.05) is 12.1 Å². The van der Waals surface area contributed by atoms with Gasteiger partial charge in [0.15, 0.2) is 0 Å². The van der Waals surface area contributed by atoms with Gasteiger partial charge in [0.05, 0.1) is 22.9 Å². The second-order valence-electron chi connectivity index (χ2n) is 7.54. The van der Waals surface area contributed by atoms with Crippen molar-refractivity contribution >= 4 is 91.4 Å². The molecule has 0 aliphatic rings. The number of nitrogens with zero attached hydrogens (tertiary/aromatic N) is 6. The van der Waals surface area contributed by atoms with E-state index in [2.05, 4.69) is 55.1 Å². The number of nitriles is 2. The number of fused-ring (bicyclic) bond motifs is 1. The second-order valence-corrected chi connectivity index (χ2v) is 12.1. The number of rotatable bonds is 6. The predicted octanol–water partition coefficient (Wildman–Crippen LogP) is 8.19. The van der Waals surface area contributed by atoms with Gasteiger partial charge in [0.2, 0.25) is 0 Å². The minimum atomic E-state index is 0.552. The van der Waals surface area contributed by atoms with E-state index in [4.69, 9.17) is 0 Å². The van der Waals surface area contributed by atoms with E-state index in [1.54, 1.807) is 35.1 Å². The zero-order valence-electron chi connectivity index (χ0n) is 18.7. The highest BCUT2D eigenvalue weighted by atomic mass is 32.1. The zero-order valence-corrected chi connectivity index (χ0v) is 22.7. The lowest BCUT2D eigenvalue weighted by Crippen LogP contribution is -1.81. The van der Waals surface area contributed by atoms with Gasteiger partial charge in [-0.05, 0) is 36.4 Å². The van der Waals surface area contributed by atoms with E-state index in [1.807, 2.05) is 35.0 Å². The van der Waals surface area contributed by atoms with Crippen LogP contribution in [0.15, 0.2) is 59.6 Å². The molecular weight excluding hydrogens is 557 g/mol. The van der Waals surface area contributed by atoms with Crippen LogP contribution in [0.3, 0.4) is 0 Å². The normalized spacial score (nSPS) is 12.1. The maximum atomic E-state index is 9.56. The van der Waals surface area contributed by atoms with Crippen LogP contribution in [-0.2, 0) is 0 Å². The lowest BCUT2D eigenvalue weighted by Gasteiger charge is -2.03. The summed E-state index contributed by atoms with van der Waals surface area (Å²) in [6, 6.07) is 16.8. The topological polar surface area (TPSA) is 99.1 Å². The van der Waals surface area contributed by atoms with Crippen LogP contribution in [0.1, 0.15) is 19.8 Å². The maximum Gasteiger partial charge on any atom is 0.133 e. The van der Waals surface area contributed by atoms with Crippen LogP contribution in [0, 0.1) is 22.7 Å². The molecule has 5 aromatic heterocycles. The summed E-state index contributed by atoms with van der Waals surface area (Å²) in [5, 5.41) is 24.3. The largest absolute Gasteiger partial charge is 0.244 e. The van der Waals surface area contributed by atoms with Gasteiger partial charge in [0.25, 0.3) is 0 Å². The van der Waals surface area contributed by atoms with Gasteiger partial charge in [-0.25, -0.2) is 9.97 Å². The molecule has 0 N–H and O–H groups in total. The molecule has 0 aliphatic heterocycles. The molecule has 37 heavy (non-hydrogen) atoms. The summed E-state index contributed by atoms with van der Waals surface area (Å²) < 4.78 is 9.23. The Labute approximate surface area is 231 Å². The van der Waals surface area contributed by atoms with Gasteiger partial charge in [-0.15, -0.1) is 45.3 Å². The number of aromatic nitrogens is 4. The van der Waals surface area contributed by atoms with Gasteiger partial charge in [-0.3, -0.25) is 0 Å². The minimum absolute atomic E-state index is 0.552. The van der Waals surface area contributed by atoms with Crippen molar-refractivity contribution in [3.05, 3.63) is 79.3 Å². The molecule has 0 saturated carbocycles. The Hall–Kier alpha value is -3.84. The molecule has 0 unspecified atom stereocenters. The van der Waals surface area contributed by atoms with Crippen molar-refractivity contribution in [2.75, 3.05) is 0 Å². The zero-order chi connectivity index (χ0) is 25.2. The van der Waals surface area contributed by atoms with Crippen LogP contribution in [0.5, 0.6) is 0 Å². The lowest BCUT2D eigenvalue weighted by atomic mass is 10.1. The Balaban J connectivity index is 1.34. The van der Waals surface area contributed by atoms with Crippen molar-refractivity contribution in [2.45, 2.75) is 0 Å². The van der Waals surface area contributed by atoms with Crippen molar-refractivity contribution in [1.29, 1.82) is 10.5 Å². The molecule has 0 bridgehead atoms. The van der Waals surface area contributed by atoms with Gasteiger partial charge in [0, 0.05) is 53.8 Å². The van der Waals surface area contributed by atoms with Crippen molar-refractivity contribution in [3.8, 4) is 33.0 Å². The third kappa shape index (κ3) is 4.67. The van der Waals surface area contributed by atoms with Crippen LogP contribution >= 0.6 is 57.1 Å². The summed E-state index contributed by atoms with van der Waals surface area (Å²) >= 11 is 7.30. The van der Waals surface area contributed by atoms with Crippen molar-refractivity contribution in [2.24, 2.45) is 0 Å². The van der Waals surface area contributed by atoms with E-state index in [0.717, 1.165) is 41.7 Å². The first kappa shape index (κ1) is 23.6. The molecule has 176 valence electrons. The Morgan fingerprint density at radius 1 is 0.676 bits per heavy atom. The maximum absolute atomic E-state index is 9.56. The summed E-state index contributed by atoms with van der Waals surface area (Å²) in [5.41, 5.74) is 4.83. The van der Waals surface area contributed by atoms with Crippen molar-refractivity contribution in [1.82, 2.24) is 18.7 Å². The average molecular weight is 569 g/mol. The molecule has 0 spiro atoms. The predicted molar refractivity (Wildman–Crippen MR) is 155 cm³/mol. The van der Waals surface area contributed by atoms with Crippen LogP contribution in [-0.4, -0.2) is 18.7 Å². The molecule has 0 radical (unpaired) electrons. The average Bonchev–Trinajstić information content (AvgIpc) is 3.75. The molecule has 5 heterocycles. The molecule has 6 aromatic rings. The number of thiophene rings is 2. The molecule has 1 aromatic carbocycles. The number of allylic oxidation sites excluding steroid dienone is 2. The van der Waals surface area contributed by atoms with E-state index in [9.17, 15) is 10.5 Å². The van der Waals surface area contributed by atoms with Gasteiger partial charge >= 0.3 is 0 Å². The van der Waals surface area contributed by atoms with Crippen molar-refractivity contribution in [3.63, 3.8) is 0 Å². The fourth-order valence-electron chi connectivity index (χ4n) is 3.70. The minimum Gasteiger partial charge on any atom is -0.244 e. The Morgan fingerprint density at radius 3 is 1.57 bits per heavy atom. The van der Waals surface area contributed by atoms with E-state index in [0.29, 0.717) is 21.2 Å². The number of benzene rings is 1. The Bertz CT molecular complexity index is 1720. The van der Waals surface area contributed by atoms with Gasteiger partial charge < -0.3 is 0 Å². The lowest BCUT2D eigenvalue weighted by molar-refractivity contribution is 1.38. The molecule has 0 saturated heterocycles. The molecular formula is C26H12N6S5. The van der Waals surface area contributed by atoms with Crippen LogP contribution in [0.25, 0.3) is 55.2 Å². The third-order valence-electron chi connectivity index (χ3n) is 5.34. The molecule has 0 fully saturated rings. The van der Waals surface area contributed by atoms with Crippen LogP contribution in [0.2, 0.25) is 0 Å². The monoisotopic (exact) mass is 568 g/mol. The van der Waals surface area contributed by atoms with E-state index < -0.39 is 0 Å². The molecule has 0 aliphatic carbocycles. The summed E-state index contributed by atoms with van der Waals surface area (Å²) in [6.07, 6.45) is 7.16. The van der Waals surface area contributed by atoms with E-state index in [1.165, 1.54) is 34.4 Å². The fraction of sp³-hybridized carbons (Fsp3) is 0. The summed E-state index contributed by atoms with van der Waals surface area (Å²) in [7, 11) is 0. The van der Waals surface area contributed by atoms with Crippen LogP contribution < -0.4 is 0 Å². The standard InChI is InChI=1S/C26H12N6S5/c27-13-15(25-29-7-9-33-25)11-17-1-5-21(35-17)19-3-4-20(24-23(19)31-37-32-24)22-6-2-18(36-22)12-16(14-28)26-30-8-10-34-26/h1-12H/b15-11+,16-12+. The number of hydrogen-bond acceptors (Lipinski definition) is 11. The summed E-state index contributed by atoms with van der Waals surface area (Å²) in [4.78, 5) is 12.6. The van der Waals surface area contributed by atoms with Crippen molar-refractivity contribution < 1.29 is 0 Å². The Kier molecular flexibility index (Phi) is 6.53. The van der Waals surface area contributed by atoms with Crippen LogP contribution in [0.4, 0.5) is 0 Å². The third-order valence-corrected chi connectivity index (χ3v) is 9.61. The first-order chi connectivity index (χ1) is 18.2. The van der Waals surface area contributed by atoms with Gasteiger partial charge in [-0.2, -0.15) is 19.3 Å². The first-order valence-electron chi connectivity index (χ1n) is 10.7. The quantitative estimate of drug-likeness (QED) is 0.188. The number of hydrogen-bond donors (Lipinski definition) is 0. The molecule has 0 atom stereocenters. The van der Waals surface area contributed by atoms with E-state index >= 15 is 0 Å². The SMILES string of the molecule is N#C/C(=C\c1ccc(-c2ccc(-c3ccc(/C=C(\C#N)c4nccs4)s3)c3nsnc23)s1)c1nccs1. The highest BCUT2D eigenvalue weighted by Crippen LogP contribution is 2.40. The number of thiazole rings is 2. The molecule has 6 nitrogen and oxygen atoms in total. The molecule has 6 rings (SSSR count). The summed E-state index contributed by atoms with van der Waals surface area (Å²) in [5.74, 6) is 0. The molecule has 11 heteroatoms. The Morgan fingerprint density at radius 2 is 1.16 bits per heavy atom. The van der Waals surface area contributed by atoms with Gasteiger partial charge in [0.1, 0.15) is 33.2 Å². The molecule has 0 amide bonds. The fourth-order valence-corrected chi connectivity index (χ4v) is 7.43. The highest BCUT2D eigenvalue weighted by molar-refractivity contribution is 7.17. The smallest absolute Gasteiger partial charge is 0.133 e. The van der Waals surface area contributed by atoms with E-state index in [-0.39, 0.29) is 0 Å². The summed E-state index contributed by atoms with van der Waals surface area (Å²) in [6.45, 7) is 0.